The van der Waals surface area contributed by atoms with Crippen molar-refractivity contribution < 1.29 is 21.6 Å². The van der Waals surface area contributed by atoms with Gasteiger partial charge in [-0.2, -0.15) is 18.3 Å². The summed E-state index contributed by atoms with van der Waals surface area (Å²) in [6, 6.07) is 10.6. The Balaban J connectivity index is 2.15. The summed E-state index contributed by atoms with van der Waals surface area (Å²) < 4.78 is 63.7. The maximum atomic E-state index is 12.9. The van der Waals surface area contributed by atoms with Crippen LogP contribution in [0, 0.1) is 6.92 Å². The van der Waals surface area contributed by atoms with Gasteiger partial charge in [0.15, 0.2) is 5.69 Å². The van der Waals surface area contributed by atoms with Gasteiger partial charge < -0.3 is 4.90 Å². The third kappa shape index (κ3) is 4.49. The summed E-state index contributed by atoms with van der Waals surface area (Å²) in [4.78, 5) is 1.85. The number of hydrogen-bond donors (Lipinski definition) is 1. The van der Waals surface area contributed by atoms with Gasteiger partial charge in [0, 0.05) is 25.5 Å². The average molecular weight is 438 g/mol. The van der Waals surface area contributed by atoms with Crippen molar-refractivity contribution in [3.63, 3.8) is 0 Å². The number of aromatic nitrogens is 2. The van der Waals surface area contributed by atoms with E-state index in [-0.39, 0.29) is 10.6 Å². The van der Waals surface area contributed by atoms with Gasteiger partial charge in [0.2, 0.25) is 10.0 Å². The molecule has 0 fully saturated rings. The van der Waals surface area contributed by atoms with Crippen LogP contribution in [0.3, 0.4) is 0 Å². The highest BCUT2D eigenvalue weighted by Gasteiger charge is 2.33. The Bertz CT molecular complexity index is 1190. The molecule has 0 unspecified atom stereocenters. The molecule has 3 aromatic rings. The maximum absolute atomic E-state index is 12.9. The number of halogens is 3. The van der Waals surface area contributed by atoms with Crippen molar-refractivity contribution in [2.24, 2.45) is 5.14 Å². The topological polar surface area (TPSA) is 81.2 Å². The molecular weight excluding hydrogens is 417 g/mol. The van der Waals surface area contributed by atoms with Gasteiger partial charge in [-0.05, 0) is 66.9 Å². The summed E-state index contributed by atoms with van der Waals surface area (Å²) in [5.41, 5.74) is 2.27. The fraction of sp³-hybridized carbons (Fsp3) is 0.250. The van der Waals surface area contributed by atoms with E-state index in [9.17, 15) is 21.6 Å². The van der Waals surface area contributed by atoms with E-state index in [0.29, 0.717) is 11.1 Å². The minimum Gasteiger partial charge on any atom is -0.375 e. The van der Waals surface area contributed by atoms with Gasteiger partial charge in [-0.1, -0.05) is 6.07 Å². The van der Waals surface area contributed by atoms with Gasteiger partial charge in [0.05, 0.1) is 10.6 Å². The lowest BCUT2D eigenvalue weighted by molar-refractivity contribution is -0.141. The lowest BCUT2D eigenvalue weighted by atomic mass is 10.0. The highest BCUT2D eigenvalue weighted by atomic mass is 32.2. The van der Waals surface area contributed by atoms with Crippen LogP contribution in [0.4, 0.5) is 18.9 Å². The number of rotatable bonds is 5. The first-order valence-electron chi connectivity index (χ1n) is 9.03. The van der Waals surface area contributed by atoms with Gasteiger partial charge in [-0.3, -0.25) is 0 Å². The minimum atomic E-state index is -4.61. The maximum Gasteiger partial charge on any atom is 0.435 e. The van der Waals surface area contributed by atoms with E-state index in [2.05, 4.69) is 10.00 Å². The fourth-order valence-corrected chi connectivity index (χ4v) is 3.68. The van der Waals surface area contributed by atoms with Crippen LogP contribution >= 0.6 is 0 Å². The zero-order valence-electron chi connectivity index (χ0n) is 16.6. The monoisotopic (exact) mass is 438 g/mol. The Hall–Kier alpha value is -2.85. The van der Waals surface area contributed by atoms with E-state index in [4.69, 9.17) is 5.14 Å². The van der Waals surface area contributed by atoms with E-state index < -0.39 is 21.9 Å². The quantitative estimate of drug-likeness (QED) is 0.654. The number of aryl methyl sites for hydroxylation is 1. The molecule has 0 bridgehead atoms. The van der Waals surface area contributed by atoms with E-state index >= 15 is 0 Å². The van der Waals surface area contributed by atoms with Crippen LogP contribution in [-0.4, -0.2) is 31.8 Å². The first-order chi connectivity index (χ1) is 13.9. The van der Waals surface area contributed by atoms with Gasteiger partial charge in [0.1, 0.15) is 0 Å². The smallest absolute Gasteiger partial charge is 0.375 e. The molecule has 0 saturated carbocycles. The van der Waals surface area contributed by atoms with Gasteiger partial charge >= 0.3 is 6.18 Å². The molecule has 0 saturated heterocycles. The molecule has 0 radical (unpaired) electrons. The molecule has 0 aliphatic heterocycles. The largest absolute Gasteiger partial charge is 0.435 e. The normalized spacial score (nSPS) is 12.2. The number of nitrogens with two attached hydrogens (primary N) is 1. The summed E-state index contributed by atoms with van der Waals surface area (Å²) >= 11 is 0. The van der Waals surface area contributed by atoms with Crippen molar-refractivity contribution in [3.8, 4) is 16.8 Å². The van der Waals surface area contributed by atoms with Crippen molar-refractivity contribution in [1.82, 2.24) is 9.78 Å². The number of benzene rings is 2. The molecule has 30 heavy (non-hydrogen) atoms. The Morgan fingerprint density at radius 1 is 1.10 bits per heavy atom. The van der Waals surface area contributed by atoms with Gasteiger partial charge in [0.25, 0.3) is 0 Å². The molecule has 0 amide bonds. The Morgan fingerprint density at radius 3 is 2.33 bits per heavy atom. The number of primary sulfonamides is 1. The zero-order valence-corrected chi connectivity index (χ0v) is 17.4. The van der Waals surface area contributed by atoms with Crippen molar-refractivity contribution in [3.05, 3.63) is 59.9 Å². The molecular formula is C20H21F3N4O2S. The Labute approximate surface area is 172 Å². The van der Waals surface area contributed by atoms with Crippen LogP contribution in [0.15, 0.2) is 53.6 Å². The Morgan fingerprint density at radius 2 is 1.80 bits per heavy atom. The summed E-state index contributed by atoms with van der Waals surface area (Å²) in [5.74, 6) is 0. The van der Waals surface area contributed by atoms with Crippen molar-refractivity contribution in [2.75, 3.05) is 18.5 Å². The third-order valence-corrected chi connectivity index (χ3v) is 5.67. The second-order valence-corrected chi connectivity index (χ2v) is 8.48. The predicted octanol–water partition coefficient (Wildman–Crippen LogP) is 3.97. The molecule has 2 aromatic carbocycles. The molecule has 0 aliphatic rings. The first kappa shape index (κ1) is 21.8. The number of anilines is 1. The van der Waals surface area contributed by atoms with Crippen molar-refractivity contribution in [2.45, 2.75) is 24.9 Å². The number of sulfonamides is 1. The van der Waals surface area contributed by atoms with Crippen molar-refractivity contribution in [1.29, 1.82) is 0 Å². The second-order valence-electron chi connectivity index (χ2n) is 6.92. The van der Waals surface area contributed by atoms with Gasteiger partial charge in [-0.25, -0.2) is 18.2 Å². The molecule has 0 aliphatic carbocycles. The molecule has 6 nitrogen and oxygen atoms in total. The highest BCUT2D eigenvalue weighted by Crippen LogP contribution is 2.31. The second kappa shape index (κ2) is 7.77. The summed E-state index contributed by atoms with van der Waals surface area (Å²) in [6.07, 6.45) is -3.48. The number of alkyl halides is 3. The molecule has 10 heteroatoms. The van der Waals surface area contributed by atoms with Crippen molar-refractivity contribution >= 4 is 15.7 Å². The Kier molecular flexibility index (Phi) is 5.66. The lowest BCUT2D eigenvalue weighted by Crippen LogP contribution is -2.16. The highest BCUT2D eigenvalue weighted by molar-refractivity contribution is 7.89. The van der Waals surface area contributed by atoms with Gasteiger partial charge in [-0.15, -0.1) is 0 Å². The van der Waals surface area contributed by atoms with Crippen LogP contribution in [0.1, 0.15) is 18.2 Å². The van der Waals surface area contributed by atoms with Crippen LogP contribution < -0.4 is 10.0 Å². The van der Waals surface area contributed by atoms with Crippen LogP contribution in [0.5, 0.6) is 0 Å². The lowest BCUT2D eigenvalue weighted by Gasteiger charge is -2.20. The molecule has 0 atom stereocenters. The predicted molar refractivity (Wildman–Crippen MR) is 109 cm³/mol. The number of nitrogens with zero attached hydrogens (tertiary/aromatic N) is 3. The van der Waals surface area contributed by atoms with E-state index in [1.165, 1.54) is 12.1 Å². The van der Waals surface area contributed by atoms with E-state index in [1.807, 2.05) is 39.1 Å². The zero-order chi connectivity index (χ0) is 22.3. The molecule has 2 N–H and O–H groups in total. The molecule has 160 valence electrons. The van der Waals surface area contributed by atoms with E-state index in [1.54, 1.807) is 6.07 Å². The average Bonchev–Trinajstić information content (AvgIpc) is 3.17. The SMILES string of the molecule is CCN(C)c1ccc(-c2cc(-n3ccc(C(F)(F)F)n3)cc(S(N)(=O)=O)c2)cc1C. The molecule has 1 heterocycles. The standard InChI is InChI=1S/C20H21F3N4O2S/c1-4-26(3)18-6-5-14(9-13(18)2)15-10-16(12-17(11-15)30(24,28)29)27-8-7-19(25-27)20(21,22)23/h5-12H,4H2,1-3H3,(H2,24,28,29). The fourth-order valence-electron chi connectivity index (χ4n) is 3.10. The third-order valence-electron chi connectivity index (χ3n) is 4.78. The van der Waals surface area contributed by atoms with Crippen LogP contribution in [-0.2, 0) is 16.2 Å². The molecule has 3 rings (SSSR count). The van der Waals surface area contributed by atoms with E-state index in [0.717, 1.165) is 34.7 Å². The number of hydrogen-bond acceptors (Lipinski definition) is 4. The summed E-state index contributed by atoms with van der Waals surface area (Å²) in [7, 11) is -2.14. The van der Waals surface area contributed by atoms with Crippen LogP contribution in [0.2, 0.25) is 0 Å². The molecule has 0 spiro atoms. The minimum absolute atomic E-state index is 0.152. The summed E-state index contributed by atoms with van der Waals surface area (Å²) in [5, 5.41) is 8.82. The summed E-state index contributed by atoms with van der Waals surface area (Å²) in [6.45, 7) is 4.76. The van der Waals surface area contributed by atoms with Crippen LogP contribution in [0.25, 0.3) is 16.8 Å². The first-order valence-corrected chi connectivity index (χ1v) is 10.6. The molecule has 1 aromatic heterocycles.